The van der Waals surface area contributed by atoms with E-state index < -0.39 is 0 Å². The third-order valence-corrected chi connectivity index (χ3v) is 5.38. The van der Waals surface area contributed by atoms with Crippen molar-refractivity contribution in [2.45, 2.75) is 31.6 Å². The lowest BCUT2D eigenvalue weighted by molar-refractivity contribution is -0.132. The van der Waals surface area contributed by atoms with Gasteiger partial charge in [0.2, 0.25) is 5.91 Å². The van der Waals surface area contributed by atoms with Gasteiger partial charge in [-0.3, -0.25) is 4.79 Å². The normalized spacial score (nSPS) is 29.0. The zero-order valence-electron chi connectivity index (χ0n) is 12.3. The molecule has 2 nitrogen and oxygen atoms in total. The van der Waals surface area contributed by atoms with E-state index in [0.29, 0.717) is 30.2 Å². The van der Waals surface area contributed by atoms with Gasteiger partial charge in [-0.25, -0.2) is 0 Å². The maximum atomic E-state index is 12.9. The molecule has 3 aliphatic rings. The molecule has 0 N–H and O–H groups in total. The Bertz CT molecular complexity index is 610. The van der Waals surface area contributed by atoms with Crippen LogP contribution in [0.3, 0.4) is 0 Å². The van der Waals surface area contributed by atoms with Gasteiger partial charge in [0.05, 0.1) is 6.54 Å². The molecule has 0 aliphatic heterocycles. The summed E-state index contributed by atoms with van der Waals surface area (Å²) in [5.74, 6) is 4.90. The van der Waals surface area contributed by atoms with E-state index in [1.807, 2.05) is 4.90 Å². The molecule has 0 aromatic heterocycles. The summed E-state index contributed by atoms with van der Waals surface area (Å²) < 4.78 is 0. The highest BCUT2D eigenvalue weighted by molar-refractivity contribution is 5.84. The van der Waals surface area contributed by atoms with Crippen LogP contribution in [0.1, 0.15) is 36.3 Å². The highest BCUT2D eigenvalue weighted by atomic mass is 16.2. The van der Waals surface area contributed by atoms with Crippen LogP contribution in [0, 0.1) is 30.1 Å². The van der Waals surface area contributed by atoms with Gasteiger partial charge in [0.25, 0.3) is 0 Å². The van der Waals surface area contributed by atoms with E-state index in [-0.39, 0.29) is 5.92 Å². The minimum absolute atomic E-state index is 0.195. The Labute approximate surface area is 126 Å². The number of aryl methyl sites for hydroxylation is 1. The topological polar surface area (TPSA) is 20.3 Å². The van der Waals surface area contributed by atoms with Crippen molar-refractivity contribution in [3.8, 4) is 12.3 Å². The molecule has 0 saturated heterocycles. The lowest BCUT2D eigenvalue weighted by Gasteiger charge is -2.20. The van der Waals surface area contributed by atoms with Gasteiger partial charge in [0, 0.05) is 12.5 Å². The van der Waals surface area contributed by atoms with E-state index >= 15 is 0 Å². The second-order valence-electron chi connectivity index (χ2n) is 6.82. The minimum atomic E-state index is 0.195. The molecule has 2 fully saturated rings. The molecule has 3 unspecified atom stereocenters. The van der Waals surface area contributed by atoms with Gasteiger partial charge in [-0.15, -0.1) is 6.42 Å². The molecule has 2 saturated carbocycles. The number of terminal acetylenes is 1. The molecule has 4 rings (SSSR count). The van der Waals surface area contributed by atoms with Gasteiger partial charge < -0.3 is 4.90 Å². The quantitative estimate of drug-likeness (QED) is 0.776. The van der Waals surface area contributed by atoms with Crippen molar-refractivity contribution in [2.75, 3.05) is 13.1 Å². The number of benzene rings is 1. The SMILES string of the molecule is C#CCN(CC1CC1)C(=O)C1C2CCc3ccccc3C21. The second kappa shape index (κ2) is 4.91. The van der Waals surface area contributed by atoms with E-state index in [1.165, 1.54) is 24.0 Å². The number of rotatable bonds is 4. The van der Waals surface area contributed by atoms with Crippen molar-refractivity contribution in [2.24, 2.45) is 17.8 Å². The first-order valence-electron chi connectivity index (χ1n) is 8.09. The zero-order valence-corrected chi connectivity index (χ0v) is 12.3. The minimum Gasteiger partial charge on any atom is -0.331 e. The first-order chi connectivity index (χ1) is 10.3. The summed E-state index contributed by atoms with van der Waals surface area (Å²) in [5, 5.41) is 0. The fraction of sp³-hybridized carbons (Fsp3) is 0.526. The maximum absolute atomic E-state index is 12.9. The Kier molecular flexibility index (Phi) is 3.03. The molecular formula is C19H21NO. The van der Waals surface area contributed by atoms with Crippen molar-refractivity contribution < 1.29 is 4.79 Å². The zero-order chi connectivity index (χ0) is 14.4. The Hall–Kier alpha value is -1.75. The summed E-state index contributed by atoms with van der Waals surface area (Å²) in [5.41, 5.74) is 2.86. The van der Waals surface area contributed by atoms with E-state index in [0.717, 1.165) is 19.4 Å². The van der Waals surface area contributed by atoms with E-state index in [2.05, 4.69) is 30.2 Å². The smallest absolute Gasteiger partial charge is 0.227 e. The molecule has 0 spiro atoms. The van der Waals surface area contributed by atoms with E-state index in [4.69, 9.17) is 6.42 Å². The molecule has 3 atom stereocenters. The molecule has 0 heterocycles. The number of hydrogen-bond donors (Lipinski definition) is 0. The summed E-state index contributed by atoms with van der Waals surface area (Å²) in [6.45, 7) is 1.35. The average molecular weight is 279 g/mol. The Balaban J connectivity index is 1.52. The summed E-state index contributed by atoms with van der Waals surface area (Å²) in [4.78, 5) is 14.8. The van der Waals surface area contributed by atoms with Crippen LogP contribution in [0.15, 0.2) is 24.3 Å². The summed E-state index contributed by atoms with van der Waals surface area (Å²) in [6, 6.07) is 8.64. The molecular weight excluding hydrogens is 258 g/mol. The third-order valence-electron chi connectivity index (χ3n) is 5.38. The molecule has 1 amide bonds. The van der Waals surface area contributed by atoms with Gasteiger partial charge in [-0.1, -0.05) is 30.2 Å². The van der Waals surface area contributed by atoms with Gasteiger partial charge in [0.1, 0.15) is 0 Å². The number of fused-ring (bicyclic) bond motifs is 3. The van der Waals surface area contributed by atoms with E-state index in [9.17, 15) is 4.79 Å². The number of nitrogens with zero attached hydrogens (tertiary/aromatic N) is 1. The lowest BCUT2D eigenvalue weighted by Crippen LogP contribution is -2.35. The van der Waals surface area contributed by atoms with Crippen LogP contribution in [0.2, 0.25) is 0 Å². The fourth-order valence-corrected chi connectivity index (χ4v) is 4.07. The van der Waals surface area contributed by atoms with Crippen molar-refractivity contribution in [1.29, 1.82) is 0 Å². The number of amides is 1. The van der Waals surface area contributed by atoms with Crippen LogP contribution < -0.4 is 0 Å². The largest absolute Gasteiger partial charge is 0.331 e. The molecule has 0 bridgehead atoms. The first kappa shape index (κ1) is 13.0. The van der Waals surface area contributed by atoms with Crippen LogP contribution in [0.4, 0.5) is 0 Å². The highest BCUT2D eigenvalue weighted by Crippen LogP contribution is 2.60. The summed E-state index contributed by atoms with van der Waals surface area (Å²) >= 11 is 0. The molecule has 1 aromatic rings. The average Bonchev–Trinajstić information content (AvgIpc) is 3.40. The van der Waals surface area contributed by atoms with Gasteiger partial charge in [-0.2, -0.15) is 0 Å². The second-order valence-corrected chi connectivity index (χ2v) is 6.82. The van der Waals surface area contributed by atoms with Crippen molar-refractivity contribution >= 4 is 5.91 Å². The standard InChI is InChI=1S/C19H21NO/c1-2-11-20(12-13-7-8-13)19(21)18-16-10-9-14-5-3-4-6-15(14)17(16)18/h1,3-6,13,16-18H,7-12H2. The van der Waals surface area contributed by atoms with Gasteiger partial charge in [0.15, 0.2) is 0 Å². The molecule has 0 radical (unpaired) electrons. The number of carbonyl (C=O) groups is 1. The monoisotopic (exact) mass is 279 g/mol. The third kappa shape index (κ3) is 2.25. The summed E-state index contributed by atoms with van der Waals surface area (Å²) in [6.07, 6.45) is 10.3. The molecule has 108 valence electrons. The number of carbonyl (C=O) groups excluding carboxylic acids is 1. The molecule has 1 aromatic carbocycles. The number of hydrogen-bond acceptors (Lipinski definition) is 1. The van der Waals surface area contributed by atoms with Crippen molar-refractivity contribution in [3.05, 3.63) is 35.4 Å². The lowest BCUT2D eigenvalue weighted by atomic mass is 9.92. The molecule has 21 heavy (non-hydrogen) atoms. The van der Waals surface area contributed by atoms with Crippen LogP contribution in [0.25, 0.3) is 0 Å². The predicted octanol–water partition coefficient (Wildman–Crippen LogP) is 2.83. The van der Waals surface area contributed by atoms with Crippen LogP contribution >= 0.6 is 0 Å². The van der Waals surface area contributed by atoms with Crippen LogP contribution in [0.5, 0.6) is 0 Å². The first-order valence-corrected chi connectivity index (χ1v) is 8.09. The van der Waals surface area contributed by atoms with Crippen molar-refractivity contribution in [3.63, 3.8) is 0 Å². The van der Waals surface area contributed by atoms with Crippen LogP contribution in [-0.4, -0.2) is 23.9 Å². The highest BCUT2D eigenvalue weighted by Gasteiger charge is 2.58. The van der Waals surface area contributed by atoms with Crippen molar-refractivity contribution in [1.82, 2.24) is 4.90 Å². The predicted molar refractivity (Wildman–Crippen MR) is 82.6 cm³/mol. The van der Waals surface area contributed by atoms with Crippen LogP contribution in [-0.2, 0) is 11.2 Å². The summed E-state index contributed by atoms with van der Waals surface area (Å²) in [7, 11) is 0. The van der Waals surface area contributed by atoms with Gasteiger partial charge >= 0.3 is 0 Å². The Morgan fingerprint density at radius 1 is 1.29 bits per heavy atom. The Morgan fingerprint density at radius 2 is 2.10 bits per heavy atom. The molecule has 2 heteroatoms. The van der Waals surface area contributed by atoms with E-state index in [1.54, 1.807) is 0 Å². The van der Waals surface area contributed by atoms with Gasteiger partial charge in [-0.05, 0) is 54.6 Å². The molecule has 3 aliphatic carbocycles. The fourth-order valence-electron chi connectivity index (χ4n) is 4.07. The maximum Gasteiger partial charge on any atom is 0.227 e. The Morgan fingerprint density at radius 3 is 2.86 bits per heavy atom.